The summed E-state index contributed by atoms with van der Waals surface area (Å²) in [6, 6.07) is 8.07. The Balaban J connectivity index is 2.20. The van der Waals surface area contributed by atoms with Gasteiger partial charge >= 0.3 is 0 Å². The Kier molecular flexibility index (Phi) is 4.09. The van der Waals surface area contributed by atoms with Gasteiger partial charge in [-0.05, 0) is 24.3 Å². The average molecular weight is 298 g/mol. The highest BCUT2D eigenvalue weighted by molar-refractivity contribution is 6.35. The molecule has 0 aliphatic heterocycles. The zero-order valence-electron chi connectivity index (χ0n) is 9.55. The first-order valence-corrected chi connectivity index (χ1v) is 5.92. The van der Waals surface area contributed by atoms with Crippen LogP contribution in [0.2, 0.25) is 10.0 Å². The summed E-state index contributed by atoms with van der Waals surface area (Å²) in [5.41, 5.74) is 5.90. The first kappa shape index (κ1) is 13.5. The van der Waals surface area contributed by atoms with Crippen molar-refractivity contribution >= 4 is 29.0 Å². The highest BCUT2D eigenvalue weighted by Crippen LogP contribution is 2.30. The number of pyridine rings is 1. The van der Waals surface area contributed by atoms with E-state index in [4.69, 9.17) is 38.9 Å². The molecule has 98 valence electrons. The lowest BCUT2D eigenvalue weighted by molar-refractivity contribution is 0.318. The molecule has 0 saturated carbocycles. The fraction of sp³-hybridized carbons (Fsp3) is 0. The molecule has 7 heteroatoms. The van der Waals surface area contributed by atoms with Crippen LogP contribution in [0.15, 0.2) is 41.7 Å². The Morgan fingerprint density at radius 1 is 1.26 bits per heavy atom. The first-order valence-electron chi connectivity index (χ1n) is 5.17. The van der Waals surface area contributed by atoms with Crippen LogP contribution >= 0.6 is 23.2 Å². The minimum atomic E-state index is -0.0245. The van der Waals surface area contributed by atoms with Crippen LogP contribution in [-0.2, 0) is 0 Å². The summed E-state index contributed by atoms with van der Waals surface area (Å²) >= 11 is 11.8. The molecule has 0 aliphatic carbocycles. The minimum absolute atomic E-state index is 0.0245. The topological polar surface area (TPSA) is 80.7 Å². The number of halogens is 2. The number of hydrogen-bond donors (Lipinski definition) is 2. The highest BCUT2D eigenvalue weighted by atomic mass is 35.5. The van der Waals surface area contributed by atoms with Crippen molar-refractivity contribution in [3.8, 4) is 11.6 Å². The zero-order valence-corrected chi connectivity index (χ0v) is 11.1. The number of ether oxygens (including phenoxy) is 1. The molecular weight excluding hydrogens is 289 g/mol. The molecule has 0 fully saturated rings. The summed E-state index contributed by atoms with van der Waals surface area (Å²) in [6.07, 6.45) is 1.42. The molecule has 0 aliphatic rings. The maximum absolute atomic E-state index is 8.53. The van der Waals surface area contributed by atoms with E-state index in [2.05, 4.69) is 10.1 Å². The van der Waals surface area contributed by atoms with Gasteiger partial charge in [0.25, 0.3) is 0 Å². The standard InChI is InChI=1S/C12H9Cl2N3O2/c13-8-2-3-10(9(14)5-8)19-11-4-1-7(6-16-11)12(15)17-18/h1-6,18H,(H2,15,17). The highest BCUT2D eigenvalue weighted by Gasteiger charge is 2.06. The van der Waals surface area contributed by atoms with Gasteiger partial charge in [0.05, 0.1) is 5.02 Å². The van der Waals surface area contributed by atoms with Gasteiger partial charge in [-0.25, -0.2) is 4.98 Å². The van der Waals surface area contributed by atoms with Crippen molar-refractivity contribution in [1.82, 2.24) is 4.98 Å². The van der Waals surface area contributed by atoms with Gasteiger partial charge in [-0.15, -0.1) is 0 Å². The number of benzene rings is 1. The van der Waals surface area contributed by atoms with E-state index < -0.39 is 0 Å². The van der Waals surface area contributed by atoms with Gasteiger partial charge in [-0.2, -0.15) is 0 Å². The van der Waals surface area contributed by atoms with Crippen LogP contribution < -0.4 is 10.5 Å². The summed E-state index contributed by atoms with van der Waals surface area (Å²) in [5, 5.41) is 12.3. The van der Waals surface area contributed by atoms with Gasteiger partial charge in [0.1, 0.15) is 5.75 Å². The molecule has 0 spiro atoms. The predicted octanol–water partition coefficient (Wildman–Crippen LogP) is 3.28. The summed E-state index contributed by atoms with van der Waals surface area (Å²) in [7, 11) is 0. The smallest absolute Gasteiger partial charge is 0.219 e. The molecule has 0 saturated heterocycles. The van der Waals surface area contributed by atoms with E-state index in [1.807, 2.05) is 0 Å². The lowest BCUT2D eigenvalue weighted by Crippen LogP contribution is -2.13. The molecular formula is C12H9Cl2N3O2. The van der Waals surface area contributed by atoms with Crippen molar-refractivity contribution in [1.29, 1.82) is 0 Å². The van der Waals surface area contributed by atoms with Crippen LogP contribution in [0.3, 0.4) is 0 Å². The summed E-state index contributed by atoms with van der Waals surface area (Å²) in [5.74, 6) is 0.748. The number of oxime groups is 1. The lowest BCUT2D eigenvalue weighted by Gasteiger charge is -2.07. The minimum Gasteiger partial charge on any atom is -0.437 e. The Bertz CT molecular complexity index is 615. The number of nitrogens with zero attached hydrogens (tertiary/aromatic N) is 2. The third-order valence-electron chi connectivity index (χ3n) is 2.25. The molecule has 3 N–H and O–H groups in total. The molecule has 0 atom stereocenters. The van der Waals surface area contributed by atoms with Crippen molar-refractivity contribution in [2.45, 2.75) is 0 Å². The van der Waals surface area contributed by atoms with Gasteiger partial charge in [-0.3, -0.25) is 0 Å². The molecule has 2 rings (SSSR count). The molecule has 1 aromatic heterocycles. The Morgan fingerprint density at radius 3 is 2.63 bits per heavy atom. The molecule has 0 amide bonds. The Hall–Kier alpha value is -1.98. The Labute approximate surface area is 119 Å². The number of amidine groups is 1. The molecule has 5 nitrogen and oxygen atoms in total. The van der Waals surface area contributed by atoms with E-state index in [9.17, 15) is 0 Å². The number of hydrogen-bond acceptors (Lipinski definition) is 4. The molecule has 2 aromatic rings. The predicted molar refractivity (Wildman–Crippen MR) is 73.3 cm³/mol. The maximum atomic E-state index is 8.53. The second-order valence-electron chi connectivity index (χ2n) is 3.55. The fourth-order valence-corrected chi connectivity index (χ4v) is 1.77. The third kappa shape index (κ3) is 3.27. The van der Waals surface area contributed by atoms with Crippen LogP contribution in [0, 0.1) is 0 Å². The summed E-state index contributed by atoms with van der Waals surface area (Å²) in [4.78, 5) is 4.02. The van der Waals surface area contributed by atoms with Crippen LogP contribution in [0.25, 0.3) is 0 Å². The molecule has 0 radical (unpaired) electrons. The van der Waals surface area contributed by atoms with Gasteiger partial charge in [0.2, 0.25) is 5.88 Å². The molecule has 1 aromatic carbocycles. The van der Waals surface area contributed by atoms with Gasteiger partial charge in [0, 0.05) is 22.8 Å². The lowest BCUT2D eigenvalue weighted by atomic mass is 10.3. The zero-order chi connectivity index (χ0) is 13.8. The SMILES string of the molecule is N/C(=N\O)c1ccc(Oc2ccc(Cl)cc2Cl)nc1. The van der Waals surface area contributed by atoms with E-state index in [0.29, 0.717) is 27.2 Å². The number of nitrogens with two attached hydrogens (primary N) is 1. The van der Waals surface area contributed by atoms with E-state index >= 15 is 0 Å². The van der Waals surface area contributed by atoms with Crippen molar-refractivity contribution < 1.29 is 9.94 Å². The molecule has 19 heavy (non-hydrogen) atoms. The van der Waals surface area contributed by atoms with Gasteiger partial charge in [-0.1, -0.05) is 28.4 Å². The van der Waals surface area contributed by atoms with E-state index in [-0.39, 0.29) is 5.84 Å². The van der Waals surface area contributed by atoms with Crippen LogP contribution in [0.1, 0.15) is 5.56 Å². The molecule has 0 bridgehead atoms. The monoisotopic (exact) mass is 297 g/mol. The van der Waals surface area contributed by atoms with Crippen molar-refractivity contribution in [3.05, 3.63) is 52.1 Å². The fourth-order valence-electron chi connectivity index (χ4n) is 1.32. The largest absolute Gasteiger partial charge is 0.437 e. The van der Waals surface area contributed by atoms with E-state index in [1.54, 1.807) is 30.3 Å². The van der Waals surface area contributed by atoms with E-state index in [1.165, 1.54) is 6.20 Å². The third-order valence-corrected chi connectivity index (χ3v) is 2.78. The van der Waals surface area contributed by atoms with Crippen molar-refractivity contribution in [2.75, 3.05) is 0 Å². The average Bonchev–Trinajstić information content (AvgIpc) is 2.42. The van der Waals surface area contributed by atoms with Crippen LogP contribution in [0.5, 0.6) is 11.6 Å². The Morgan fingerprint density at radius 2 is 2.05 bits per heavy atom. The van der Waals surface area contributed by atoms with Crippen LogP contribution in [0.4, 0.5) is 0 Å². The second-order valence-corrected chi connectivity index (χ2v) is 4.39. The van der Waals surface area contributed by atoms with Crippen molar-refractivity contribution in [2.24, 2.45) is 10.9 Å². The normalized spacial score (nSPS) is 11.4. The maximum Gasteiger partial charge on any atom is 0.219 e. The number of aromatic nitrogens is 1. The summed E-state index contributed by atoms with van der Waals surface area (Å²) < 4.78 is 5.49. The quantitative estimate of drug-likeness (QED) is 0.394. The van der Waals surface area contributed by atoms with Gasteiger partial charge < -0.3 is 15.7 Å². The second kappa shape index (κ2) is 5.77. The van der Waals surface area contributed by atoms with E-state index in [0.717, 1.165) is 0 Å². The molecule has 1 heterocycles. The first-order chi connectivity index (χ1) is 9.10. The number of rotatable bonds is 3. The van der Waals surface area contributed by atoms with Gasteiger partial charge in [0.15, 0.2) is 5.84 Å². The van der Waals surface area contributed by atoms with Crippen LogP contribution in [-0.4, -0.2) is 16.0 Å². The summed E-state index contributed by atoms with van der Waals surface area (Å²) in [6.45, 7) is 0. The van der Waals surface area contributed by atoms with Crippen molar-refractivity contribution in [3.63, 3.8) is 0 Å². The molecule has 0 unspecified atom stereocenters.